The van der Waals surface area contributed by atoms with Crippen LogP contribution in [0.4, 0.5) is 0 Å². The minimum Gasteiger partial charge on any atom is -0.492 e. The van der Waals surface area contributed by atoms with Crippen LogP contribution in [0.15, 0.2) is 24.3 Å². The molecule has 0 amide bonds. The predicted octanol–water partition coefficient (Wildman–Crippen LogP) is 2.81. The quantitative estimate of drug-likeness (QED) is 0.755. The molecule has 0 fully saturated rings. The van der Waals surface area contributed by atoms with Crippen molar-refractivity contribution >= 4 is 5.97 Å². The van der Waals surface area contributed by atoms with Crippen LogP contribution in [0.2, 0.25) is 0 Å². The van der Waals surface area contributed by atoms with Crippen LogP contribution in [0.25, 0.3) is 0 Å². The Morgan fingerprint density at radius 1 is 1.25 bits per heavy atom. The van der Waals surface area contributed by atoms with Crippen LogP contribution >= 0.6 is 0 Å². The highest BCUT2D eigenvalue weighted by atomic mass is 16.5. The highest BCUT2D eigenvalue weighted by Gasteiger charge is 2.09. The van der Waals surface area contributed by atoms with Crippen LogP contribution in [0.1, 0.15) is 32.3 Å². The number of aliphatic carboxylic acids is 1. The lowest BCUT2D eigenvalue weighted by molar-refractivity contribution is -0.136. The number of benzene rings is 1. The Morgan fingerprint density at radius 2 is 1.85 bits per heavy atom. The fraction of sp³-hybridized carbons (Fsp3) is 0.562. The lowest BCUT2D eigenvalue weighted by Crippen LogP contribution is -2.33. The minimum atomic E-state index is -0.814. The average molecular weight is 279 g/mol. The summed E-state index contributed by atoms with van der Waals surface area (Å²) in [6.07, 6.45) is 2.35. The Labute approximate surface area is 121 Å². The van der Waals surface area contributed by atoms with E-state index in [9.17, 15) is 4.79 Å². The Kier molecular flexibility index (Phi) is 7.09. The summed E-state index contributed by atoms with van der Waals surface area (Å²) >= 11 is 0. The summed E-state index contributed by atoms with van der Waals surface area (Å²) in [6.45, 7) is 5.94. The molecule has 0 radical (unpaired) electrons. The van der Waals surface area contributed by atoms with Crippen molar-refractivity contribution in [1.29, 1.82) is 0 Å². The largest absolute Gasteiger partial charge is 0.492 e. The molecule has 0 aliphatic rings. The number of carboxylic acid groups (broad SMARTS) is 1. The maximum atomic E-state index is 10.6. The smallest absolute Gasteiger partial charge is 0.307 e. The number of carbonyl (C=O) groups is 1. The second-order valence-corrected chi connectivity index (χ2v) is 5.01. The van der Waals surface area contributed by atoms with Crippen LogP contribution < -0.4 is 4.74 Å². The Bertz CT molecular complexity index is 399. The average Bonchev–Trinajstić information content (AvgIpc) is 2.41. The van der Waals surface area contributed by atoms with E-state index in [0.29, 0.717) is 12.6 Å². The zero-order chi connectivity index (χ0) is 15.0. The van der Waals surface area contributed by atoms with E-state index in [-0.39, 0.29) is 6.42 Å². The number of likely N-dealkylation sites (N-methyl/N-ethyl adjacent to an activating group) is 1. The van der Waals surface area contributed by atoms with E-state index in [0.717, 1.165) is 30.7 Å². The van der Waals surface area contributed by atoms with Crippen LogP contribution in [-0.2, 0) is 11.2 Å². The Balaban J connectivity index is 2.36. The normalized spacial score (nSPS) is 11.1. The zero-order valence-corrected chi connectivity index (χ0v) is 12.6. The van der Waals surface area contributed by atoms with Crippen LogP contribution in [0, 0.1) is 0 Å². The van der Waals surface area contributed by atoms with Gasteiger partial charge in [-0.25, -0.2) is 0 Å². The van der Waals surface area contributed by atoms with Gasteiger partial charge in [0, 0.05) is 12.6 Å². The molecule has 0 saturated heterocycles. The first-order valence-electron chi connectivity index (χ1n) is 7.20. The maximum absolute atomic E-state index is 10.6. The Hall–Kier alpha value is -1.55. The molecule has 0 aliphatic carbocycles. The van der Waals surface area contributed by atoms with E-state index in [1.807, 2.05) is 12.1 Å². The van der Waals surface area contributed by atoms with Crippen molar-refractivity contribution in [2.24, 2.45) is 0 Å². The van der Waals surface area contributed by atoms with Gasteiger partial charge in [-0.15, -0.1) is 0 Å². The number of ether oxygens (including phenoxy) is 1. The molecular weight excluding hydrogens is 254 g/mol. The number of hydrogen-bond donors (Lipinski definition) is 1. The van der Waals surface area contributed by atoms with Crippen LogP contribution in [-0.4, -0.2) is 42.2 Å². The highest BCUT2D eigenvalue weighted by molar-refractivity contribution is 5.70. The molecule has 0 atom stereocenters. The molecule has 1 rings (SSSR count). The van der Waals surface area contributed by atoms with Gasteiger partial charge in [0.1, 0.15) is 12.4 Å². The van der Waals surface area contributed by atoms with Crippen molar-refractivity contribution in [3.05, 3.63) is 29.8 Å². The van der Waals surface area contributed by atoms with E-state index in [4.69, 9.17) is 9.84 Å². The molecule has 0 unspecified atom stereocenters. The van der Waals surface area contributed by atoms with Crippen LogP contribution in [0.5, 0.6) is 5.75 Å². The van der Waals surface area contributed by atoms with Crippen molar-refractivity contribution in [2.45, 2.75) is 39.2 Å². The van der Waals surface area contributed by atoms with E-state index in [1.54, 1.807) is 12.1 Å². The summed E-state index contributed by atoms with van der Waals surface area (Å²) in [5.74, 6) is -0.0254. The summed E-state index contributed by atoms with van der Waals surface area (Å²) < 4.78 is 5.69. The third kappa shape index (κ3) is 5.61. The van der Waals surface area contributed by atoms with Gasteiger partial charge >= 0.3 is 5.97 Å². The number of hydrogen-bond acceptors (Lipinski definition) is 3. The van der Waals surface area contributed by atoms with Gasteiger partial charge in [0.05, 0.1) is 6.42 Å². The summed E-state index contributed by atoms with van der Waals surface area (Å²) in [5.41, 5.74) is 0.791. The van der Waals surface area contributed by atoms with Gasteiger partial charge in [0.15, 0.2) is 0 Å². The van der Waals surface area contributed by atoms with Crippen LogP contribution in [0.3, 0.4) is 0 Å². The van der Waals surface area contributed by atoms with E-state index in [1.165, 1.54) is 0 Å². The van der Waals surface area contributed by atoms with Gasteiger partial charge in [-0.2, -0.15) is 0 Å². The first kappa shape index (κ1) is 16.5. The summed E-state index contributed by atoms with van der Waals surface area (Å²) in [4.78, 5) is 12.9. The molecular formula is C16H25NO3. The molecule has 0 aromatic heterocycles. The molecule has 1 aromatic carbocycles. The minimum absolute atomic E-state index is 0.0533. The molecule has 0 saturated carbocycles. The molecule has 0 spiro atoms. The first-order chi connectivity index (χ1) is 9.56. The molecule has 0 heterocycles. The number of rotatable bonds is 9. The van der Waals surface area contributed by atoms with Crippen molar-refractivity contribution in [3.8, 4) is 5.75 Å². The molecule has 4 heteroatoms. The topological polar surface area (TPSA) is 49.8 Å². The fourth-order valence-electron chi connectivity index (χ4n) is 2.28. The predicted molar refractivity (Wildman–Crippen MR) is 80.3 cm³/mol. The second kappa shape index (κ2) is 8.59. The number of carboxylic acids is 1. The molecule has 0 bridgehead atoms. The summed E-state index contributed by atoms with van der Waals surface area (Å²) in [6, 6.07) is 7.86. The van der Waals surface area contributed by atoms with Gasteiger partial charge in [-0.05, 0) is 37.6 Å². The fourth-order valence-corrected chi connectivity index (χ4v) is 2.28. The van der Waals surface area contributed by atoms with Gasteiger partial charge < -0.3 is 14.7 Å². The molecule has 0 aliphatic heterocycles. The summed E-state index contributed by atoms with van der Waals surface area (Å²) in [5, 5.41) is 8.70. The highest BCUT2D eigenvalue weighted by Crippen LogP contribution is 2.13. The van der Waals surface area contributed by atoms with Gasteiger partial charge in [-0.1, -0.05) is 26.0 Å². The molecule has 1 aromatic rings. The van der Waals surface area contributed by atoms with E-state index >= 15 is 0 Å². The van der Waals surface area contributed by atoms with E-state index < -0.39 is 5.97 Å². The Morgan fingerprint density at radius 3 is 2.35 bits per heavy atom. The van der Waals surface area contributed by atoms with Crippen molar-refractivity contribution < 1.29 is 14.6 Å². The van der Waals surface area contributed by atoms with Gasteiger partial charge in [0.25, 0.3) is 0 Å². The van der Waals surface area contributed by atoms with Gasteiger partial charge in [-0.3, -0.25) is 4.79 Å². The standard InChI is InChI=1S/C16H25NO3/c1-4-14(5-2)17(3)10-11-20-15-8-6-13(7-9-15)12-16(18)19/h6-9,14H,4-5,10-12H2,1-3H3,(H,18,19). The molecule has 20 heavy (non-hydrogen) atoms. The first-order valence-corrected chi connectivity index (χ1v) is 7.20. The third-order valence-corrected chi connectivity index (χ3v) is 3.56. The lowest BCUT2D eigenvalue weighted by atomic mass is 10.1. The van der Waals surface area contributed by atoms with Crippen molar-refractivity contribution in [1.82, 2.24) is 4.90 Å². The lowest BCUT2D eigenvalue weighted by Gasteiger charge is -2.25. The monoisotopic (exact) mass is 279 g/mol. The van der Waals surface area contributed by atoms with Gasteiger partial charge in [0.2, 0.25) is 0 Å². The zero-order valence-electron chi connectivity index (χ0n) is 12.6. The number of nitrogens with zero attached hydrogens (tertiary/aromatic N) is 1. The maximum Gasteiger partial charge on any atom is 0.307 e. The molecule has 112 valence electrons. The van der Waals surface area contributed by atoms with Crippen molar-refractivity contribution in [2.75, 3.05) is 20.2 Å². The third-order valence-electron chi connectivity index (χ3n) is 3.56. The SMILES string of the molecule is CCC(CC)N(C)CCOc1ccc(CC(=O)O)cc1. The molecule has 1 N–H and O–H groups in total. The molecule has 4 nitrogen and oxygen atoms in total. The van der Waals surface area contributed by atoms with E-state index in [2.05, 4.69) is 25.8 Å². The second-order valence-electron chi connectivity index (χ2n) is 5.01. The van der Waals surface area contributed by atoms with Crippen molar-refractivity contribution in [3.63, 3.8) is 0 Å². The summed E-state index contributed by atoms with van der Waals surface area (Å²) in [7, 11) is 2.12.